The summed E-state index contributed by atoms with van der Waals surface area (Å²) in [7, 11) is 0. The van der Waals surface area contributed by atoms with Gasteiger partial charge in [-0.15, -0.1) is 0 Å². The number of benzene rings is 3. The zero-order valence-electron chi connectivity index (χ0n) is 57.3. The second kappa shape index (κ2) is 46.6. The highest BCUT2D eigenvalue weighted by Crippen LogP contribution is 2.30. The van der Waals surface area contributed by atoms with Crippen molar-refractivity contribution in [3.63, 3.8) is 0 Å². The second-order valence-electron chi connectivity index (χ2n) is 22.2. The molecule has 1 aliphatic rings. The van der Waals surface area contributed by atoms with E-state index in [1.54, 1.807) is 80.6 Å². The van der Waals surface area contributed by atoms with E-state index in [0.717, 1.165) is 0 Å². The number of fused-ring (bicyclic) bond motifs is 1. The molecule has 6 heterocycles. The number of carbonyl (C=O) groups excluding carboxylic acids is 6. The van der Waals surface area contributed by atoms with E-state index in [1.807, 2.05) is 114 Å². The average molecular weight is 1480 g/mol. The lowest BCUT2D eigenvalue weighted by molar-refractivity contribution is -0.144. The number of ketones is 2. The first kappa shape index (κ1) is 87.4. The Bertz CT molecular complexity index is 4560. The van der Waals surface area contributed by atoms with E-state index in [2.05, 4.69) is 49.5 Å². The van der Waals surface area contributed by atoms with E-state index in [0.29, 0.717) is 62.3 Å². The molecule has 25 nitrogen and oxygen atoms in total. The molecule has 0 fully saturated rings. The lowest BCUT2D eigenvalue weighted by Gasteiger charge is -2.20. The number of nitrogens with one attached hydrogen (secondary N) is 1. The molecular formula is C75H66Cl4N14O11. The van der Waals surface area contributed by atoms with Gasteiger partial charge in [0.1, 0.15) is 90.8 Å². The van der Waals surface area contributed by atoms with Gasteiger partial charge in [0.05, 0.1) is 60.3 Å². The van der Waals surface area contributed by atoms with Crippen LogP contribution in [0.1, 0.15) is 123 Å². The number of halogens is 4. The number of phenolic OH excluding ortho intramolecular Hbond substituents is 1. The molecular weight excluding hydrogens is 1410 g/mol. The number of nitriles is 5. The van der Waals surface area contributed by atoms with Crippen LogP contribution in [0.2, 0.25) is 20.5 Å². The molecule has 2 amide bonds. The molecule has 9 rings (SSSR count). The fraction of sp³-hybridized carbons (Fsp3) is 0.240. The topological polar surface area (TPSA) is 368 Å². The number of amides is 2. The van der Waals surface area contributed by atoms with Crippen molar-refractivity contribution in [1.82, 2.24) is 30.2 Å². The summed E-state index contributed by atoms with van der Waals surface area (Å²) in [4.78, 5) is 96.3. The molecule has 0 spiro atoms. The van der Waals surface area contributed by atoms with Crippen LogP contribution in [-0.4, -0.2) is 85.1 Å². The number of aromatic hydroxyl groups is 1. The number of hydrogen-bond donors (Lipinski definition) is 2. The summed E-state index contributed by atoms with van der Waals surface area (Å²) in [6.07, 6.45) is 7.73. The molecule has 104 heavy (non-hydrogen) atoms. The molecule has 1 aliphatic heterocycles. The number of esters is 2. The number of phenols is 1. The number of aromatic nitrogens is 5. The molecule has 530 valence electrons. The van der Waals surface area contributed by atoms with Crippen molar-refractivity contribution in [3.8, 4) is 59.4 Å². The van der Waals surface area contributed by atoms with E-state index >= 15 is 0 Å². The largest absolute Gasteiger partial charge is 0.508 e. The van der Waals surface area contributed by atoms with Crippen molar-refractivity contribution in [3.05, 3.63) is 257 Å². The van der Waals surface area contributed by atoms with Crippen LogP contribution in [0.5, 0.6) is 29.0 Å². The Morgan fingerprint density at radius 1 is 0.577 bits per heavy atom. The third kappa shape index (κ3) is 30.8. The van der Waals surface area contributed by atoms with Crippen LogP contribution < -0.4 is 14.8 Å². The molecule has 0 saturated carbocycles. The van der Waals surface area contributed by atoms with Crippen LogP contribution >= 0.6 is 46.4 Å². The van der Waals surface area contributed by atoms with Crippen molar-refractivity contribution < 1.29 is 52.8 Å². The van der Waals surface area contributed by atoms with Crippen LogP contribution in [0.15, 0.2) is 152 Å². The molecule has 0 radical (unpaired) electrons. The number of Topliss-reactive ketones (excluding diaryl/α,β-unsaturated/α-hetero) is 2. The van der Waals surface area contributed by atoms with Gasteiger partial charge in [-0.2, -0.15) is 26.3 Å². The number of imide groups is 1. The van der Waals surface area contributed by atoms with Gasteiger partial charge >= 0.3 is 24.5 Å². The van der Waals surface area contributed by atoms with Gasteiger partial charge in [-0.25, -0.2) is 54.2 Å². The van der Waals surface area contributed by atoms with Gasteiger partial charge in [0, 0.05) is 41.8 Å². The Hall–Kier alpha value is -12.7. The standard InChI is InChI=1S/C14H9N3O.C14H10N2O3.C11H8ClN3O2.C11H20O2.C8H4ClN3.C6H2Cl2N2.C6H6O.C5H7NO2/c15-8-6-11-7-9-17-14(13(11)10-16)18-12-4-2-1-3-5-12;17-11-8-9-6-7-15-14(12(9)13(18)16-11)19-10-4-2-1-3-5-10;1-3-17-11(16)9(14-2)7-4-5-15-10(12)8(7)6-13;1-10(2,3)8(12)7-9(13)11(4,5)6;1-11-5-6-2-3-12-8(9)7(6)4-10;7-5-1-2-10-6(8)4(5)3-9;7-6-4-2-1-3-5-6;1-3-8-5(7)4-6-2/h1-5,7,9H,6H2;1-7H,8H2,(H,16,17,18);4-5,9H,3H2,1H3;7H2,1-6H3;2-3H,5H2;1-2H;1-5,7H;3-4H2,1H3. The molecule has 1 unspecified atom stereocenters. The zero-order chi connectivity index (χ0) is 77.8. The maximum absolute atomic E-state index is 11.9. The number of ether oxygens (including phenoxy) is 4. The predicted molar refractivity (Wildman–Crippen MR) is 385 cm³/mol. The summed E-state index contributed by atoms with van der Waals surface area (Å²) in [6, 6.07) is 43.2. The van der Waals surface area contributed by atoms with Crippen LogP contribution in [0.4, 0.5) is 0 Å². The highest BCUT2D eigenvalue weighted by molar-refractivity contribution is 6.35. The average Bonchev–Trinajstić information content (AvgIpc) is 0.802. The second-order valence-corrected chi connectivity index (χ2v) is 23.7. The van der Waals surface area contributed by atoms with E-state index in [1.165, 1.54) is 43.1 Å². The molecule has 1 atom stereocenters. The third-order valence-corrected chi connectivity index (χ3v) is 13.9. The first-order valence-corrected chi connectivity index (χ1v) is 32.0. The summed E-state index contributed by atoms with van der Waals surface area (Å²) in [5.74, 6) is 0.0969. The van der Waals surface area contributed by atoms with Crippen LogP contribution in [-0.2, 0) is 52.8 Å². The molecule has 0 saturated heterocycles. The molecule has 3 aromatic carbocycles. The predicted octanol–water partition coefficient (Wildman–Crippen LogP) is 15.4. The minimum atomic E-state index is -1.18. The van der Waals surface area contributed by atoms with Gasteiger partial charge in [0.2, 0.25) is 24.2 Å². The Morgan fingerprint density at radius 3 is 1.49 bits per heavy atom. The van der Waals surface area contributed by atoms with Crippen molar-refractivity contribution in [2.45, 2.75) is 87.2 Å². The fourth-order valence-corrected chi connectivity index (χ4v) is 8.28. The van der Waals surface area contributed by atoms with E-state index in [-0.39, 0.29) is 100 Å². The number of hydrogen-bond acceptors (Lipinski definition) is 21. The fourth-order valence-electron chi connectivity index (χ4n) is 7.42. The normalized spacial score (nSPS) is 10.5. The molecule has 0 bridgehead atoms. The highest BCUT2D eigenvalue weighted by atomic mass is 35.5. The van der Waals surface area contributed by atoms with Crippen molar-refractivity contribution in [1.29, 1.82) is 26.3 Å². The summed E-state index contributed by atoms with van der Waals surface area (Å²) in [5, 5.41) is 55.4. The lowest BCUT2D eigenvalue weighted by atomic mass is 9.82. The van der Waals surface area contributed by atoms with Crippen molar-refractivity contribution >= 4 is 81.7 Å². The Kier molecular flexibility index (Phi) is 39.2. The first-order chi connectivity index (χ1) is 49.5. The number of para-hydroxylation sites is 3. The number of nitrogens with zero attached hydrogens (tertiary/aromatic N) is 13. The number of rotatable bonds is 13. The molecule has 29 heteroatoms. The van der Waals surface area contributed by atoms with E-state index in [4.69, 9.17) is 112 Å². The Balaban J connectivity index is 0.000000412. The SMILES string of the molecule is CC(C)(C)C(=O)CC(=O)C(C)(C)C.N#CCc1ccnc(Oc2ccccc2)c1C#N.N#Cc1c(Cl)ccnc1Cl.O=C1Cc2ccnc(Oc3ccccc3)c2C(=O)N1.Oc1ccccc1.[C-]#[N+]C(C(=O)OCC)c1ccnc(Cl)c1C#N.[C-]#[N+]CC(=O)OCC.[C-]#[N+]Cc1ccnc(Cl)c1C#N. The van der Waals surface area contributed by atoms with E-state index < -0.39 is 34.7 Å². The molecule has 8 aromatic rings. The Morgan fingerprint density at radius 2 is 1.04 bits per heavy atom. The smallest absolute Gasteiger partial charge is 0.395 e. The summed E-state index contributed by atoms with van der Waals surface area (Å²) >= 11 is 22.4. The maximum Gasteiger partial charge on any atom is 0.395 e. The maximum atomic E-state index is 11.9. The van der Waals surface area contributed by atoms with Gasteiger partial charge in [-0.1, -0.05) is 143 Å². The molecule has 2 N–H and O–H groups in total. The van der Waals surface area contributed by atoms with E-state index in [9.17, 15) is 28.8 Å². The monoisotopic (exact) mass is 1480 g/mol. The lowest BCUT2D eigenvalue weighted by Crippen LogP contribution is -2.37. The highest BCUT2D eigenvalue weighted by Gasteiger charge is 2.32. The van der Waals surface area contributed by atoms with Gasteiger partial charge in [-0.05, 0) is 91.7 Å². The Labute approximate surface area is 621 Å². The summed E-state index contributed by atoms with van der Waals surface area (Å²) in [6.45, 7) is 34.8. The molecule has 5 aromatic heterocycles. The summed E-state index contributed by atoms with van der Waals surface area (Å²) < 4.78 is 20.3. The van der Waals surface area contributed by atoms with Crippen LogP contribution in [0, 0.1) is 87.2 Å². The van der Waals surface area contributed by atoms with Crippen molar-refractivity contribution in [2.24, 2.45) is 10.8 Å². The minimum Gasteiger partial charge on any atom is -0.508 e. The number of pyridine rings is 5. The number of carbonyl (C=O) groups is 6. The van der Waals surface area contributed by atoms with Gasteiger partial charge in [-0.3, -0.25) is 29.3 Å². The minimum absolute atomic E-state index is 0.0208. The van der Waals surface area contributed by atoms with Gasteiger partial charge < -0.3 is 33.7 Å². The van der Waals surface area contributed by atoms with Gasteiger partial charge in [0.15, 0.2) is 0 Å². The quantitative estimate of drug-likeness (QED) is 0.0356. The molecule has 0 aliphatic carbocycles. The van der Waals surface area contributed by atoms with Crippen LogP contribution in [0.25, 0.3) is 14.5 Å². The summed E-state index contributed by atoms with van der Waals surface area (Å²) in [5.41, 5.74) is 2.50. The van der Waals surface area contributed by atoms with Crippen molar-refractivity contribution in [2.75, 3.05) is 19.8 Å². The first-order valence-electron chi connectivity index (χ1n) is 30.5. The van der Waals surface area contributed by atoms with Gasteiger partial charge in [0.25, 0.3) is 5.91 Å². The third-order valence-electron chi connectivity index (χ3n) is 12.7. The van der Waals surface area contributed by atoms with Crippen LogP contribution in [0.3, 0.4) is 0 Å². The zero-order valence-corrected chi connectivity index (χ0v) is 60.3.